The third kappa shape index (κ3) is 4.74. The molecule has 1 aromatic carbocycles. The van der Waals surface area contributed by atoms with Crippen molar-refractivity contribution in [1.29, 1.82) is 0 Å². The summed E-state index contributed by atoms with van der Waals surface area (Å²) in [5.74, 6) is 0.199. The van der Waals surface area contributed by atoms with Gasteiger partial charge in [0.25, 0.3) is 0 Å². The Balaban J connectivity index is 2.35. The van der Waals surface area contributed by atoms with E-state index in [1.54, 1.807) is 24.3 Å². The first-order valence-corrected chi connectivity index (χ1v) is 5.58. The number of nitrogens with one attached hydrogen (secondary N) is 2. The number of aliphatic hydroxyl groups is 1. The second-order valence-electron chi connectivity index (χ2n) is 3.78. The third-order valence-electron chi connectivity index (χ3n) is 2.44. The minimum absolute atomic E-state index is 0.0663. The van der Waals surface area contributed by atoms with E-state index in [0.717, 1.165) is 5.56 Å². The number of carbonyl (C=O) groups excluding carboxylic acids is 1. The van der Waals surface area contributed by atoms with Crippen molar-refractivity contribution in [2.75, 3.05) is 6.61 Å². The Morgan fingerprint density at radius 3 is 2.53 bits per heavy atom. The fourth-order valence-corrected chi connectivity index (χ4v) is 1.31. The third-order valence-corrected chi connectivity index (χ3v) is 2.44. The van der Waals surface area contributed by atoms with Gasteiger partial charge in [-0.1, -0.05) is 19.1 Å². The molecule has 0 aliphatic rings. The summed E-state index contributed by atoms with van der Waals surface area (Å²) in [4.78, 5) is 11.4. The van der Waals surface area contributed by atoms with Gasteiger partial charge in [0.1, 0.15) is 5.75 Å². The van der Waals surface area contributed by atoms with E-state index in [1.807, 2.05) is 6.92 Å². The van der Waals surface area contributed by atoms with Gasteiger partial charge in [0.2, 0.25) is 0 Å². The highest BCUT2D eigenvalue weighted by Gasteiger charge is 2.07. The first-order chi connectivity index (χ1) is 8.15. The van der Waals surface area contributed by atoms with Gasteiger partial charge in [0.15, 0.2) is 0 Å². The smallest absolute Gasteiger partial charge is 0.315 e. The van der Waals surface area contributed by atoms with Crippen molar-refractivity contribution in [2.45, 2.75) is 25.9 Å². The van der Waals surface area contributed by atoms with Crippen LogP contribution in [0.15, 0.2) is 24.3 Å². The number of urea groups is 1. The number of amides is 2. The molecule has 0 saturated heterocycles. The second-order valence-corrected chi connectivity index (χ2v) is 3.78. The molecular weight excluding hydrogens is 220 g/mol. The highest BCUT2D eigenvalue weighted by molar-refractivity contribution is 5.74. The lowest BCUT2D eigenvalue weighted by molar-refractivity contribution is 0.214. The zero-order valence-electron chi connectivity index (χ0n) is 9.81. The standard InChI is InChI=1S/C12H18N2O3/c1-2-10(8-15)14-12(17)13-7-9-3-5-11(16)6-4-9/h3-6,10,15-16H,2,7-8H2,1H3,(H2,13,14,17). The van der Waals surface area contributed by atoms with E-state index in [9.17, 15) is 4.79 Å². The average molecular weight is 238 g/mol. The van der Waals surface area contributed by atoms with Crippen LogP contribution in [-0.4, -0.2) is 28.9 Å². The van der Waals surface area contributed by atoms with Crippen LogP contribution in [0.2, 0.25) is 0 Å². The zero-order valence-corrected chi connectivity index (χ0v) is 9.81. The number of aromatic hydroxyl groups is 1. The number of hydrogen-bond acceptors (Lipinski definition) is 3. The maximum absolute atomic E-state index is 11.4. The van der Waals surface area contributed by atoms with Crippen LogP contribution in [0.4, 0.5) is 4.79 Å². The maximum Gasteiger partial charge on any atom is 0.315 e. The molecule has 17 heavy (non-hydrogen) atoms. The first kappa shape index (κ1) is 13.3. The fraction of sp³-hybridized carbons (Fsp3) is 0.417. The molecule has 0 bridgehead atoms. The van der Waals surface area contributed by atoms with Gasteiger partial charge < -0.3 is 20.8 Å². The molecule has 0 aliphatic carbocycles. The SMILES string of the molecule is CCC(CO)NC(=O)NCc1ccc(O)cc1. The van der Waals surface area contributed by atoms with Crippen molar-refractivity contribution in [3.63, 3.8) is 0 Å². The molecule has 5 heteroatoms. The zero-order chi connectivity index (χ0) is 12.7. The molecule has 0 aromatic heterocycles. The Bertz CT molecular complexity index is 347. The number of hydrogen-bond donors (Lipinski definition) is 4. The van der Waals surface area contributed by atoms with Gasteiger partial charge >= 0.3 is 6.03 Å². The van der Waals surface area contributed by atoms with Crippen LogP contribution in [0.5, 0.6) is 5.75 Å². The molecule has 0 aliphatic heterocycles. The lowest BCUT2D eigenvalue weighted by atomic mass is 10.2. The van der Waals surface area contributed by atoms with Gasteiger partial charge in [-0.15, -0.1) is 0 Å². The molecule has 1 atom stereocenters. The Labute approximate surface area is 100 Å². The number of rotatable bonds is 5. The molecule has 1 rings (SSSR count). The number of aliphatic hydroxyl groups excluding tert-OH is 1. The van der Waals surface area contributed by atoms with Crippen LogP contribution in [0.3, 0.4) is 0 Å². The lowest BCUT2D eigenvalue weighted by Gasteiger charge is -2.14. The van der Waals surface area contributed by atoms with Crippen LogP contribution in [-0.2, 0) is 6.54 Å². The molecule has 0 spiro atoms. The lowest BCUT2D eigenvalue weighted by Crippen LogP contribution is -2.43. The van der Waals surface area contributed by atoms with Crippen molar-refractivity contribution < 1.29 is 15.0 Å². The van der Waals surface area contributed by atoms with Gasteiger partial charge in [-0.2, -0.15) is 0 Å². The molecule has 2 amide bonds. The maximum atomic E-state index is 11.4. The predicted molar refractivity (Wildman–Crippen MR) is 64.6 cm³/mol. The van der Waals surface area contributed by atoms with Crippen molar-refractivity contribution >= 4 is 6.03 Å². The summed E-state index contributed by atoms with van der Waals surface area (Å²) in [6, 6.07) is 6.08. The van der Waals surface area contributed by atoms with Crippen LogP contribution in [0.25, 0.3) is 0 Å². The number of phenols is 1. The van der Waals surface area contributed by atoms with E-state index < -0.39 is 0 Å². The van der Waals surface area contributed by atoms with E-state index in [2.05, 4.69) is 10.6 Å². The van der Waals surface area contributed by atoms with E-state index in [0.29, 0.717) is 13.0 Å². The summed E-state index contributed by atoms with van der Waals surface area (Å²) in [5, 5.41) is 23.3. The van der Waals surface area contributed by atoms with Gasteiger partial charge in [-0.05, 0) is 24.1 Å². The number of benzene rings is 1. The summed E-state index contributed by atoms with van der Waals surface area (Å²) in [7, 11) is 0. The van der Waals surface area contributed by atoms with E-state index in [4.69, 9.17) is 10.2 Å². The summed E-state index contributed by atoms with van der Waals surface area (Å²) < 4.78 is 0. The Morgan fingerprint density at radius 2 is 2.00 bits per heavy atom. The van der Waals surface area contributed by atoms with Crippen LogP contribution >= 0.6 is 0 Å². The van der Waals surface area contributed by atoms with Crippen molar-refractivity contribution in [3.8, 4) is 5.75 Å². The second kappa shape index (κ2) is 6.75. The van der Waals surface area contributed by atoms with Gasteiger partial charge in [0.05, 0.1) is 12.6 Å². The topological polar surface area (TPSA) is 81.6 Å². The van der Waals surface area contributed by atoms with Crippen molar-refractivity contribution in [1.82, 2.24) is 10.6 Å². The molecule has 5 nitrogen and oxygen atoms in total. The van der Waals surface area contributed by atoms with Gasteiger partial charge in [-0.3, -0.25) is 0 Å². The highest BCUT2D eigenvalue weighted by atomic mass is 16.3. The molecule has 0 radical (unpaired) electrons. The largest absolute Gasteiger partial charge is 0.508 e. The molecule has 4 N–H and O–H groups in total. The van der Waals surface area contributed by atoms with Crippen LogP contribution in [0, 0.1) is 0 Å². The minimum atomic E-state index is -0.307. The molecular formula is C12H18N2O3. The number of phenolic OH excluding ortho intramolecular Hbond substituents is 1. The Morgan fingerprint density at radius 1 is 1.35 bits per heavy atom. The highest BCUT2D eigenvalue weighted by Crippen LogP contribution is 2.08. The van der Waals surface area contributed by atoms with Gasteiger partial charge in [0, 0.05) is 6.54 Å². The minimum Gasteiger partial charge on any atom is -0.508 e. The quantitative estimate of drug-likeness (QED) is 0.616. The molecule has 0 heterocycles. The Kier molecular flexibility index (Phi) is 5.29. The monoisotopic (exact) mass is 238 g/mol. The van der Waals surface area contributed by atoms with Crippen molar-refractivity contribution in [2.24, 2.45) is 0 Å². The van der Waals surface area contributed by atoms with Crippen LogP contribution in [0.1, 0.15) is 18.9 Å². The first-order valence-electron chi connectivity index (χ1n) is 5.58. The van der Waals surface area contributed by atoms with E-state index >= 15 is 0 Å². The summed E-state index contributed by atoms with van der Waals surface area (Å²) in [6.45, 7) is 2.21. The molecule has 0 saturated carbocycles. The van der Waals surface area contributed by atoms with Crippen LogP contribution < -0.4 is 10.6 Å². The van der Waals surface area contributed by atoms with Gasteiger partial charge in [-0.25, -0.2) is 4.79 Å². The molecule has 0 fully saturated rings. The average Bonchev–Trinajstić information content (AvgIpc) is 2.35. The fourth-order valence-electron chi connectivity index (χ4n) is 1.31. The van der Waals surface area contributed by atoms with E-state index in [-0.39, 0.29) is 24.4 Å². The molecule has 1 unspecified atom stereocenters. The van der Waals surface area contributed by atoms with Crippen molar-refractivity contribution in [3.05, 3.63) is 29.8 Å². The number of carbonyl (C=O) groups is 1. The summed E-state index contributed by atoms with van der Waals surface area (Å²) >= 11 is 0. The molecule has 1 aromatic rings. The molecule has 94 valence electrons. The normalized spacial score (nSPS) is 11.9. The Hall–Kier alpha value is -1.75. The van der Waals surface area contributed by atoms with E-state index in [1.165, 1.54) is 0 Å². The predicted octanol–water partition coefficient (Wildman–Crippen LogP) is 0.962. The summed E-state index contributed by atoms with van der Waals surface area (Å²) in [6.07, 6.45) is 0.684. The summed E-state index contributed by atoms with van der Waals surface area (Å²) in [5.41, 5.74) is 0.898.